The topological polar surface area (TPSA) is 21.7 Å². The average molecular weight is 329 g/mol. The first-order valence-corrected chi connectivity index (χ1v) is 9.32. The molecule has 0 aromatic heterocycles. The molecule has 0 amide bonds. The quantitative estimate of drug-likeness (QED) is 0.821. The zero-order valence-corrected chi connectivity index (χ0v) is 14.2. The molecule has 2 aliphatic heterocycles. The predicted octanol–water partition coefficient (Wildman–Crippen LogP) is 4.36. The largest absolute Gasteiger partial charge is 0.371 e. The van der Waals surface area contributed by atoms with Gasteiger partial charge >= 0.3 is 0 Å². The lowest BCUT2D eigenvalue weighted by atomic mass is 10.0. The van der Waals surface area contributed by atoms with E-state index in [4.69, 9.17) is 9.47 Å². The summed E-state index contributed by atoms with van der Waals surface area (Å²) in [6.45, 7) is 3.49. The van der Waals surface area contributed by atoms with Gasteiger partial charge in [0.15, 0.2) is 5.79 Å². The third-order valence-corrected chi connectivity index (χ3v) is 5.78. The molecular weight excluding hydrogens is 306 g/mol. The molecule has 1 aromatic rings. The van der Waals surface area contributed by atoms with E-state index in [0.717, 1.165) is 45.6 Å². The fraction of sp³-hybridized carbons (Fsp3) is 0.474. The van der Waals surface area contributed by atoms with Crippen molar-refractivity contribution in [3.8, 4) is 0 Å². The molecule has 23 heavy (non-hydrogen) atoms. The molecule has 0 unspecified atom stereocenters. The number of rotatable bonds is 3. The van der Waals surface area contributed by atoms with E-state index in [-0.39, 0.29) is 5.79 Å². The Labute approximate surface area is 142 Å². The van der Waals surface area contributed by atoms with Gasteiger partial charge in [-0.05, 0) is 37.1 Å². The minimum atomic E-state index is -0.286. The van der Waals surface area contributed by atoms with Crippen LogP contribution in [0.4, 0.5) is 5.69 Å². The Morgan fingerprint density at radius 3 is 2.35 bits per heavy atom. The fourth-order valence-electron chi connectivity index (χ4n) is 3.42. The Kier molecular flexibility index (Phi) is 4.47. The van der Waals surface area contributed by atoms with E-state index in [9.17, 15) is 0 Å². The fourth-order valence-corrected chi connectivity index (χ4v) is 4.33. The summed E-state index contributed by atoms with van der Waals surface area (Å²) in [4.78, 5) is 5.10. The number of benzene rings is 1. The summed E-state index contributed by atoms with van der Waals surface area (Å²) in [5.74, 6) is -0.286. The lowest BCUT2D eigenvalue weighted by molar-refractivity contribution is -0.169. The molecule has 3 aliphatic rings. The number of piperidine rings is 1. The van der Waals surface area contributed by atoms with Gasteiger partial charge in [-0.1, -0.05) is 30.0 Å². The van der Waals surface area contributed by atoms with Crippen molar-refractivity contribution in [1.29, 1.82) is 0 Å². The Hall–Kier alpha value is -1.23. The van der Waals surface area contributed by atoms with Crippen molar-refractivity contribution in [1.82, 2.24) is 0 Å². The van der Waals surface area contributed by atoms with Crippen LogP contribution in [0.3, 0.4) is 0 Å². The van der Waals surface area contributed by atoms with Crippen LogP contribution in [0.5, 0.6) is 0 Å². The van der Waals surface area contributed by atoms with Gasteiger partial charge in [0, 0.05) is 41.4 Å². The molecule has 1 aliphatic carbocycles. The Balaban J connectivity index is 1.37. The second kappa shape index (κ2) is 6.71. The minimum Gasteiger partial charge on any atom is -0.371 e. The molecule has 0 atom stereocenters. The first kappa shape index (κ1) is 15.3. The molecule has 4 heteroatoms. The zero-order chi connectivity index (χ0) is 15.5. The van der Waals surface area contributed by atoms with Crippen molar-refractivity contribution >= 4 is 17.4 Å². The number of anilines is 1. The van der Waals surface area contributed by atoms with E-state index < -0.39 is 0 Å². The number of nitrogens with zero attached hydrogens (tertiary/aromatic N) is 1. The van der Waals surface area contributed by atoms with E-state index in [2.05, 4.69) is 47.4 Å². The van der Waals surface area contributed by atoms with Crippen LogP contribution >= 0.6 is 11.8 Å². The maximum absolute atomic E-state index is 5.80. The van der Waals surface area contributed by atoms with Crippen LogP contribution in [0.1, 0.15) is 25.7 Å². The van der Waals surface area contributed by atoms with Crippen molar-refractivity contribution in [3.05, 3.63) is 47.4 Å². The van der Waals surface area contributed by atoms with Crippen LogP contribution < -0.4 is 4.90 Å². The van der Waals surface area contributed by atoms with Crippen LogP contribution in [0.25, 0.3) is 0 Å². The number of hydrogen-bond donors (Lipinski definition) is 0. The summed E-state index contributed by atoms with van der Waals surface area (Å²) in [7, 11) is 0. The molecule has 2 fully saturated rings. The maximum Gasteiger partial charge on any atom is 0.171 e. The molecule has 0 bridgehead atoms. The second-order valence-electron chi connectivity index (χ2n) is 6.28. The molecule has 122 valence electrons. The summed E-state index contributed by atoms with van der Waals surface area (Å²) >= 11 is 1.85. The highest BCUT2D eigenvalue weighted by Gasteiger charge is 2.39. The summed E-state index contributed by atoms with van der Waals surface area (Å²) in [5.41, 5.74) is 1.30. The van der Waals surface area contributed by atoms with Gasteiger partial charge in [0.25, 0.3) is 0 Å². The van der Waals surface area contributed by atoms with E-state index >= 15 is 0 Å². The second-order valence-corrected chi connectivity index (χ2v) is 7.42. The molecular formula is C19H23NO2S. The summed E-state index contributed by atoms with van der Waals surface area (Å²) in [6.07, 6.45) is 11.1. The lowest BCUT2D eigenvalue weighted by Gasteiger charge is -2.38. The molecule has 0 N–H and O–H groups in total. The predicted molar refractivity (Wildman–Crippen MR) is 94.8 cm³/mol. The van der Waals surface area contributed by atoms with Crippen LogP contribution in [-0.4, -0.2) is 32.1 Å². The monoisotopic (exact) mass is 329 g/mol. The van der Waals surface area contributed by atoms with Crippen LogP contribution in [0.15, 0.2) is 52.3 Å². The molecule has 1 aromatic carbocycles. The third-order valence-electron chi connectivity index (χ3n) is 4.74. The summed E-state index contributed by atoms with van der Waals surface area (Å²) < 4.78 is 11.6. The number of ether oxygens (including phenoxy) is 2. The first-order chi connectivity index (χ1) is 11.3. The Morgan fingerprint density at radius 2 is 1.70 bits per heavy atom. The minimum absolute atomic E-state index is 0.286. The smallest absolute Gasteiger partial charge is 0.171 e. The van der Waals surface area contributed by atoms with Crippen molar-refractivity contribution in [3.63, 3.8) is 0 Å². The van der Waals surface area contributed by atoms with Crippen LogP contribution in [0, 0.1) is 0 Å². The number of allylic oxidation sites excluding steroid dienone is 3. The van der Waals surface area contributed by atoms with Gasteiger partial charge in [-0.25, -0.2) is 0 Å². The molecule has 0 radical (unpaired) electrons. The third kappa shape index (κ3) is 3.49. The Bertz CT molecular complexity index is 592. The number of thioether (sulfide) groups is 1. The van der Waals surface area contributed by atoms with Gasteiger partial charge in [0.05, 0.1) is 13.2 Å². The molecule has 2 saturated heterocycles. The average Bonchev–Trinajstić information content (AvgIpc) is 3.06. The van der Waals surface area contributed by atoms with Gasteiger partial charge in [-0.15, -0.1) is 0 Å². The zero-order valence-electron chi connectivity index (χ0n) is 13.4. The molecule has 3 nitrogen and oxygen atoms in total. The highest BCUT2D eigenvalue weighted by atomic mass is 32.2. The van der Waals surface area contributed by atoms with Crippen molar-refractivity contribution in [2.24, 2.45) is 0 Å². The van der Waals surface area contributed by atoms with E-state index in [1.165, 1.54) is 21.9 Å². The van der Waals surface area contributed by atoms with Crippen LogP contribution in [-0.2, 0) is 9.47 Å². The van der Waals surface area contributed by atoms with Gasteiger partial charge in [0.1, 0.15) is 0 Å². The Morgan fingerprint density at radius 1 is 0.957 bits per heavy atom. The normalized spacial score (nSPS) is 23.3. The van der Waals surface area contributed by atoms with E-state index in [1.54, 1.807) is 0 Å². The lowest BCUT2D eigenvalue weighted by Crippen LogP contribution is -2.45. The summed E-state index contributed by atoms with van der Waals surface area (Å²) in [5, 5.41) is 0. The highest BCUT2D eigenvalue weighted by molar-refractivity contribution is 8.03. The van der Waals surface area contributed by atoms with E-state index in [1.807, 2.05) is 11.8 Å². The van der Waals surface area contributed by atoms with Crippen LogP contribution in [0.2, 0.25) is 0 Å². The standard InChI is InChI=1S/C19H23NO2S/c1-2-4-17(5-3-1)23-18-8-6-16(7-9-18)20-12-10-19(11-13-20)21-14-15-22-19/h2,4-9H,1,3,10-15H2. The summed E-state index contributed by atoms with van der Waals surface area (Å²) in [6, 6.07) is 8.94. The van der Waals surface area contributed by atoms with Crippen molar-refractivity contribution < 1.29 is 9.47 Å². The van der Waals surface area contributed by atoms with Crippen molar-refractivity contribution in [2.75, 3.05) is 31.2 Å². The van der Waals surface area contributed by atoms with Gasteiger partial charge in [-0.3, -0.25) is 0 Å². The highest BCUT2D eigenvalue weighted by Crippen LogP contribution is 2.35. The molecule has 1 spiro atoms. The number of hydrogen-bond acceptors (Lipinski definition) is 4. The first-order valence-electron chi connectivity index (χ1n) is 8.51. The van der Waals surface area contributed by atoms with Gasteiger partial charge in [0.2, 0.25) is 0 Å². The molecule has 2 heterocycles. The van der Waals surface area contributed by atoms with Crippen molar-refractivity contribution in [2.45, 2.75) is 36.4 Å². The molecule has 4 rings (SSSR count). The SMILES string of the molecule is C1=CC(Sc2ccc(N3CCC4(CC3)OCCO4)cc2)=CCC1. The maximum atomic E-state index is 5.80. The van der Waals surface area contributed by atoms with E-state index in [0.29, 0.717) is 0 Å². The van der Waals surface area contributed by atoms with Gasteiger partial charge < -0.3 is 14.4 Å². The van der Waals surface area contributed by atoms with Gasteiger partial charge in [-0.2, -0.15) is 0 Å². The molecule has 0 saturated carbocycles.